The molecule has 0 radical (unpaired) electrons. The minimum atomic E-state index is 0.118. The van der Waals surface area contributed by atoms with Gasteiger partial charge in [-0.3, -0.25) is 9.69 Å². The predicted octanol–water partition coefficient (Wildman–Crippen LogP) is 1.82. The average Bonchev–Trinajstić information content (AvgIpc) is 2.84. The van der Waals surface area contributed by atoms with E-state index in [1.54, 1.807) is 6.20 Å². The largest absolute Gasteiger partial charge is 0.370 e. The highest BCUT2D eigenvalue weighted by molar-refractivity contribution is 5.98. The van der Waals surface area contributed by atoms with E-state index in [9.17, 15) is 4.79 Å². The molecule has 2 fully saturated rings. The number of hydrogen-bond donors (Lipinski definition) is 1. The van der Waals surface area contributed by atoms with Crippen LogP contribution in [0.2, 0.25) is 0 Å². The monoisotopic (exact) mass is 288 g/mol. The molecule has 0 aromatic carbocycles. The number of fused-ring (bicyclic) bond motifs is 1. The normalized spacial score (nSPS) is 22.7. The molecule has 1 unspecified atom stereocenters. The first-order valence-electron chi connectivity index (χ1n) is 8.02. The molecule has 2 aliphatic rings. The number of rotatable bonds is 3. The Morgan fingerprint density at radius 1 is 1.38 bits per heavy atom. The molecule has 3 rings (SSSR count). The highest BCUT2D eigenvalue weighted by Gasteiger charge is 2.31. The van der Waals surface area contributed by atoms with Gasteiger partial charge in [-0.15, -0.1) is 0 Å². The molecule has 2 aliphatic heterocycles. The molecule has 2 saturated heterocycles. The SMILES string of the molecule is CCNc1ncccc1C(=O)N1CCCN2CCCC2C1. The van der Waals surface area contributed by atoms with Crippen LogP contribution in [-0.4, -0.2) is 59.5 Å². The molecule has 0 aliphatic carbocycles. The minimum absolute atomic E-state index is 0.118. The van der Waals surface area contributed by atoms with Crippen molar-refractivity contribution in [2.75, 3.05) is 38.0 Å². The van der Waals surface area contributed by atoms with E-state index in [1.807, 2.05) is 24.0 Å². The molecule has 0 bridgehead atoms. The topological polar surface area (TPSA) is 48.5 Å². The average molecular weight is 288 g/mol. The molecule has 1 aromatic heterocycles. The minimum Gasteiger partial charge on any atom is -0.370 e. The van der Waals surface area contributed by atoms with E-state index in [1.165, 1.54) is 19.4 Å². The Hall–Kier alpha value is -1.62. The molecule has 0 spiro atoms. The summed E-state index contributed by atoms with van der Waals surface area (Å²) in [7, 11) is 0. The second kappa shape index (κ2) is 6.43. The number of anilines is 1. The fraction of sp³-hybridized carbons (Fsp3) is 0.625. The van der Waals surface area contributed by atoms with E-state index < -0.39 is 0 Å². The van der Waals surface area contributed by atoms with Gasteiger partial charge >= 0.3 is 0 Å². The quantitative estimate of drug-likeness (QED) is 0.922. The predicted molar refractivity (Wildman–Crippen MR) is 83.5 cm³/mol. The molecule has 114 valence electrons. The number of aromatic nitrogens is 1. The third kappa shape index (κ3) is 3.02. The number of pyridine rings is 1. The van der Waals surface area contributed by atoms with E-state index in [-0.39, 0.29) is 5.91 Å². The Morgan fingerprint density at radius 3 is 3.10 bits per heavy atom. The van der Waals surface area contributed by atoms with Crippen molar-refractivity contribution >= 4 is 11.7 Å². The third-order valence-electron chi connectivity index (χ3n) is 4.47. The summed E-state index contributed by atoms with van der Waals surface area (Å²) in [5.74, 6) is 0.824. The number of nitrogens with zero attached hydrogens (tertiary/aromatic N) is 3. The van der Waals surface area contributed by atoms with Crippen molar-refractivity contribution in [2.24, 2.45) is 0 Å². The number of carbonyl (C=O) groups excluding carboxylic acids is 1. The Morgan fingerprint density at radius 2 is 2.24 bits per heavy atom. The lowest BCUT2D eigenvalue weighted by molar-refractivity contribution is 0.0744. The molecule has 1 amide bonds. The maximum Gasteiger partial charge on any atom is 0.257 e. The van der Waals surface area contributed by atoms with E-state index in [0.29, 0.717) is 17.4 Å². The lowest BCUT2D eigenvalue weighted by Gasteiger charge is -2.26. The molecule has 5 heteroatoms. The van der Waals surface area contributed by atoms with Gasteiger partial charge in [0.05, 0.1) is 5.56 Å². The highest BCUT2D eigenvalue weighted by Crippen LogP contribution is 2.23. The molecule has 3 heterocycles. The number of amides is 1. The van der Waals surface area contributed by atoms with Crippen LogP contribution in [-0.2, 0) is 0 Å². The molecular weight excluding hydrogens is 264 g/mol. The van der Waals surface area contributed by atoms with Gasteiger partial charge in [0.1, 0.15) is 5.82 Å². The zero-order chi connectivity index (χ0) is 14.7. The van der Waals surface area contributed by atoms with Crippen LogP contribution in [0.25, 0.3) is 0 Å². The molecule has 1 aromatic rings. The van der Waals surface area contributed by atoms with Crippen molar-refractivity contribution in [3.63, 3.8) is 0 Å². The van der Waals surface area contributed by atoms with Crippen LogP contribution in [0.4, 0.5) is 5.82 Å². The van der Waals surface area contributed by atoms with E-state index in [4.69, 9.17) is 0 Å². The fourth-order valence-corrected chi connectivity index (χ4v) is 3.45. The number of carbonyl (C=O) groups is 1. The molecular formula is C16H24N4O. The second-order valence-corrected chi connectivity index (χ2v) is 5.87. The summed E-state index contributed by atoms with van der Waals surface area (Å²) < 4.78 is 0. The summed E-state index contributed by atoms with van der Waals surface area (Å²) in [5, 5.41) is 3.19. The first-order valence-corrected chi connectivity index (χ1v) is 8.02. The van der Waals surface area contributed by atoms with Crippen LogP contribution in [0.5, 0.6) is 0 Å². The first kappa shape index (κ1) is 14.3. The van der Waals surface area contributed by atoms with Gasteiger partial charge in [0.2, 0.25) is 0 Å². The first-order chi connectivity index (χ1) is 10.3. The van der Waals surface area contributed by atoms with Gasteiger partial charge in [0, 0.05) is 38.4 Å². The van der Waals surface area contributed by atoms with Gasteiger partial charge in [-0.2, -0.15) is 0 Å². The zero-order valence-corrected chi connectivity index (χ0v) is 12.7. The fourth-order valence-electron chi connectivity index (χ4n) is 3.45. The lowest BCUT2D eigenvalue weighted by atomic mass is 10.1. The standard InChI is InChI=1S/C16H24N4O/c1-2-17-15-14(7-3-8-18-15)16(21)20-11-5-10-19-9-4-6-13(19)12-20/h3,7-8,13H,2,4-6,9-12H2,1H3,(H,17,18). The summed E-state index contributed by atoms with van der Waals surface area (Å²) in [6.45, 7) is 6.83. The van der Waals surface area contributed by atoms with Gasteiger partial charge in [0.25, 0.3) is 5.91 Å². The van der Waals surface area contributed by atoms with Crippen LogP contribution in [0.3, 0.4) is 0 Å². The van der Waals surface area contributed by atoms with Crippen LogP contribution in [0, 0.1) is 0 Å². The van der Waals surface area contributed by atoms with Crippen LogP contribution >= 0.6 is 0 Å². The summed E-state index contributed by atoms with van der Waals surface area (Å²) in [6.07, 6.45) is 5.29. The maximum absolute atomic E-state index is 12.9. The van der Waals surface area contributed by atoms with Crippen LogP contribution < -0.4 is 5.32 Å². The Balaban J connectivity index is 1.78. The molecule has 21 heavy (non-hydrogen) atoms. The molecule has 1 atom stereocenters. The van der Waals surface area contributed by atoms with Gasteiger partial charge < -0.3 is 10.2 Å². The summed E-state index contributed by atoms with van der Waals surface area (Å²) in [5.41, 5.74) is 0.700. The van der Waals surface area contributed by atoms with Gasteiger partial charge in [0.15, 0.2) is 0 Å². The number of nitrogens with one attached hydrogen (secondary N) is 1. The lowest BCUT2D eigenvalue weighted by Crippen LogP contribution is -2.39. The van der Waals surface area contributed by atoms with Gasteiger partial charge in [-0.1, -0.05) is 0 Å². The van der Waals surface area contributed by atoms with E-state index in [2.05, 4.69) is 15.2 Å². The summed E-state index contributed by atoms with van der Waals surface area (Å²) in [4.78, 5) is 21.7. The molecule has 0 saturated carbocycles. The van der Waals surface area contributed by atoms with Gasteiger partial charge in [-0.25, -0.2) is 4.98 Å². The zero-order valence-electron chi connectivity index (χ0n) is 12.7. The Bertz CT molecular complexity index is 505. The van der Waals surface area contributed by atoms with Crippen molar-refractivity contribution in [1.82, 2.24) is 14.8 Å². The summed E-state index contributed by atoms with van der Waals surface area (Å²) in [6, 6.07) is 4.27. The highest BCUT2D eigenvalue weighted by atomic mass is 16.2. The smallest absolute Gasteiger partial charge is 0.257 e. The Kier molecular flexibility index (Phi) is 4.39. The second-order valence-electron chi connectivity index (χ2n) is 5.87. The van der Waals surface area contributed by atoms with Crippen molar-refractivity contribution < 1.29 is 4.79 Å². The molecule has 5 nitrogen and oxygen atoms in total. The van der Waals surface area contributed by atoms with E-state index in [0.717, 1.165) is 32.6 Å². The van der Waals surface area contributed by atoms with Gasteiger partial charge in [-0.05, 0) is 44.9 Å². The number of hydrogen-bond acceptors (Lipinski definition) is 4. The van der Waals surface area contributed by atoms with Crippen molar-refractivity contribution in [1.29, 1.82) is 0 Å². The van der Waals surface area contributed by atoms with Crippen molar-refractivity contribution in [3.05, 3.63) is 23.9 Å². The van der Waals surface area contributed by atoms with E-state index >= 15 is 0 Å². The maximum atomic E-state index is 12.9. The van der Waals surface area contributed by atoms with Crippen LogP contribution in [0.15, 0.2) is 18.3 Å². The summed E-state index contributed by atoms with van der Waals surface area (Å²) >= 11 is 0. The Labute approximate surface area is 126 Å². The van der Waals surface area contributed by atoms with Crippen LogP contribution in [0.1, 0.15) is 36.5 Å². The van der Waals surface area contributed by atoms with Crippen molar-refractivity contribution in [2.45, 2.75) is 32.2 Å². The van der Waals surface area contributed by atoms with Crippen molar-refractivity contribution in [3.8, 4) is 0 Å². The molecule has 1 N–H and O–H groups in total. The third-order valence-corrected chi connectivity index (χ3v) is 4.47.